The van der Waals surface area contributed by atoms with Gasteiger partial charge in [-0.1, -0.05) is 25.1 Å². The lowest BCUT2D eigenvalue weighted by atomic mass is 9.96. The lowest BCUT2D eigenvalue weighted by Gasteiger charge is -2.24. The number of esters is 1. The summed E-state index contributed by atoms with van der Waals surface area (Å²) in [6.45, 7) is 1.29. The number of para-hydroxylation sites is 1. The topological polar surface area (TPSA) is 152 Å². The molecule has 3 N–H and O–H groups in total. The molecule has 1 saturated carbocycles. The van der Waals surface area contributed by atoms with E-state index in [2.05, 4.69) is 4.98 Å². The molecule has 2 fully saturated rings. The van der Waals surface area contributed by atoms with Gasteiger partial charge in [0.2, 0.25) is 0 Å². The molecule has 2 heterocycles. The molecule has 1 aromatic carbocycles. The first-order valence-corrected chi connectivity index (χ1v) is 12.6. The summed E-state index contributed by atoms with van der Waals surface area (Å²) in [5, 5.41) is 11.0. The quantitative estimate of drug-likeness (QED) is 0.392. The predicted molar refractivity (Wildman–Crippen MR) is 121 cm³/mol. The van der Waals surface area contributed by atoms with Gasteiger partial charge in [0, 0.05) is 11.6 Å². The predicted octanol–water partition coefficient (Wildman–Crippen LogP) is 1.96. The van der Waals surface area contributed by atoms with Crippen LogP contribution >= 0.6 is 7.60 Å². The van der Waals surface area contributed by atoms with Crippen molar-refractivity contribution in [3.05, 3.63) is 53.1 Å². The van der Waals surface area contributed by atoms with Gasteiger partial charge in [-0.2, -0.15) is 4.98 Å². The van der Waals surface area contributed by atoms with Gasteiger partial charge in [0.1, 0.15) is 23.9 Å². The Morgan fingerprint density at radius 1 is 1.35 bits per heavy atom. The Morgan fingerprint density at radius 3 is 2.68 bits per heavy atom. The van der Waals surface area contributed by atoms with E-state index in [1.54, 1.807) is 37.3 Å². The maximum Gasteiger partial charge on any atom is 0.380 e. The highest BCUT2D eigenvalue weighted by Crippen LogP contribution is 2.62. The Bertz CT molecular complexity index is 1140. The SMILES string of the molecule is COC(=O)[C@H](C)CP(=O)(OC[C@H]1O[C@@H](n2ccc(N)nc2=O)C2(CC2)[C@@H]1O)Oc1ccccc1. The number of hydrogen-bond donors (Lipinski definition) is 2. The zero-order chi connectivity index (χ0) is 24.5. The second-order valence-electron chi connectivity index (χ2n) is 8.66. The molecule has 0 amide bonds. The zero-order valence-electron chi connectivity index (χ0n) is 18.9. The maximum atomic E-state index is 13.6. The number of methoxy groups -OCH3 is 1. The molecule has 1 spiro atoms. The Balaban J connectivity index is 1.52. The van der Waals surface area contributed by atoms with Crippen molar-refractivity contribution in [3.8, 4) is 5.75 Å². The van der Waals surface area contributed by atoms with Crippen LogP contribution < -0.4 is 15.9 Å². The summed E-state index contributed by atoms with van der Waals surface area (Å²) in [5.41, 5.74) is 4.33. The number of nitrogens with zero attached hydrogens (tertiary/aromatic N) is 2. The number of rotatable bonds is 9. The van der Waals surface area contributed by atoms with Gasteiger partial charge in [-0.3, -0.25) is 13.9 Å². The van der Waals surface area contributed by atoms with Crippen molar-refractivity contribution in [2.24, 2.45) is 11.3 Å². The Kier molecular flexibility index (Phi) is 6.82. The molecule has 11 nitrogen and oxygen atoms in total. The molecule has 1 aliphatic carbocycles. The van der Waals surface area contributed by atoms with E-state index in [1.165, 1.54) is 23.9 Å². The lowest BCUT2D eigenvalue weighted by Crippen LogP contribution is -2.34. The number of ether oxygens (including phenoxy) is 2. The van der Waals surface area contributed by atoms with Gasteiger partial charge >= 0.3 is 19.3 Å². The van der Waals surface area contributed by atoms with E-state index >= 15 is 0 Å². The summed E-state index contributed by atoms with van der Waals surface area (Å²) >= 11 is 0. The minimum Gasteiger partial charge on any atom is -0.469 e. The van der Waals surface area contributed by atoms with E-state index in [0.717, 1.165) is 0 Å². The summed E-state index contributed by atoms with van der Waals surface area (Å²) in [7, 11) is -2.62. The molecule has 34 heavy (non-hydrogen) atoms. The molecular weight excluding hydrogens is 465 g/mol. The molecule has 184 valence electrons. The maximum absolute atomic E-state index is 13.6. The average molecular weight is 493 g/mol. The third-order valence-electron chi connectivity index (χ3n) is 6.19. The molecule has 0 bridgehead atoms. The van der Waals surface area contributed by atoms with E-state index in [1.807, 2.05) is 0 Å². The van der Waals surface area contributed by atoms with Crippen LogP contribution in [0.3, 0.4) is 0 Å². The van der Waals surface area contributed by atoms with Crippen molar-refractivity contribution in [2.75, 3.05) is 25.6 Å². The first-order chi connectivity index (χ1) is 16.2. The van der Waals surface area contributed by atoms with Crippen LogP contribution in [0.2, 0.25) is 0 Å². The highest BCUT2D eigenvalue weighted by atomic mass is 31.2. The van der Waals surface area contributed by atoms with Crippen LogP contribution in [0.1, 0.15) is 26.0 Å². The fraction of sp³-hybridized carbons (Fsp3) is 0.500. The second-order valence-corrected chi connectivity index (χ2v) is 10.7. The number of nitrogen functional groups attached to an aromatic ring is 1. The van der Waals surface area contributed by atoms with Gasteiger partial charge in [-0.15, -0.1) is 0 Å². The number of hydrogen-bond acceptors (Lipinski definition) is 10. The zero-order valence-corrected chi connectivity index (χ0v) is 19.8. The van der Waals surface area contributed by atoms with E-state index in [9.17, 15) is 19.3 Å². The lowest BCUT2D eigenvalue weighted by molar-refractivity contribution is -0.144. The first kappa shape index (κ1) is 24.4. The standard InChI is InChI=1S/C22H28N3O8P/c1-14(19(27)30-2)13-34(29,33-15-6-4-3-5-7-15)31-12-16-18(26)22(9-10-22)20(32-16)25-11-8-17(23)24-21(25)28/h3-8,11,14,16,18,20,26H,9-10,12-13H2,1-2H3,(H2,23,24,28)/t14-,16-,18-,20-,34?/m1/s1. The molecule has 1 unspecified atom stereocenters. The van der Waals surface area contributed by atoms with Crippen molar-refractivity contribution >= 4 is 19.4 Å². The van der Waals surface area contributed by atoms with E-state index in [0.29, 0.717) is 18.6 Å². The van der Waals surface area contributed by atoms with Gasteiger partial charge in [-0.05, 0) is 31.0 Å². The Hall–Kier alpha value is -2.72. The molecular formula is C22H28N3O8P. The molecule has 12 heteroatoms. The molecule has 4 rings (SSSR count). The molecule has 2 aliphatic rings. The van der Waals surface area contributed by atoms with Crippen LogP contribution in [-0.4, -0.2) is 52.7 Å². The van der Waals surface area contributed by atoms with E-state index in [-0.39, 0.29) is 18.6 Å². The van der Waals surface area contributed by atoms with E-state index < -0.39 is 49.0 Å². The largest absolute Gasteiger partial charge is 0.469 e. The van der Waals surface area contributed by atoms with Crippen molar-refractivity contribution in [1.82, 2.24) is 9.55 Å². The van der Waals surface area contributed by atoms with Gasteiger partial charge in [0.15, 0.2) is 0 Å². The first-order valence-electron chi connectivity index (χ1n) is 10.9. The number of carbonyl (C=O) groups is 1. The molecule has 2 aromatic rings. The normalized spacial score (nSPS) is 25.4. The van der Waals surface area contributed by atoms with Crippen molar-refractivity contribution in [3.63, 3.8) is 0 Å². The average Bonchev–Trinajstić information content (AvgIpc) is 3.56. The van der Waals surface area contributed by atoms with Crippen molar-refractivity contribution in [2.45, 2.75) is 38.2 Å². The second kappa shape index (κ2) is 9.50. The molecule has 1 aliphatic heterocycles. The number of aromatic nitrogens is 2. The fourth-order valence-electron chi connectivity index (χ4n) is 4.21. The van der Waals surface area contributed by atoms with Crippen LogP contribution in [0.25, 0.3) is 0 Å². The molecule has 0 radical (unpaired) electrons. The fourth-order valence-corrected chi connectivity index (χ4v) is 6.08. The summed E-state index contributed by atoms with van der Waals surface area (Å²) in [6.07, 6.45) is -0.0728. The van der Waals surface area contributed by atoms with Crippen LogP contribution in [0.15, 0.2) is 47.4 Å². The third-order valence-corrected chi connectivity index (χ3v) is 8.22. The highest BCUT2D eigenvalue weighted by Gasteiger charge is 2.64. The monoisotopic (exact) mass is 493 g/mol. The van der Waals surface area contributed by atoms with Crippen LogP contribution in [-0.2, 0) is 23.4 Å². The number of aliphatic hydroxyl groups is 1. The summed E-state index contributed by atoms with van der Waals surface area (Å²) in [6, 6.07) is 9.93. The Morgan fingerprint density at radius 2 is 2.06 bits per heavy atom. The minimum atomic E-state index is -3.86. The highest BCUT2D eigenvalue weighted by molar-refractivity contribution is 7.54. The number of carbonyl (C=O) groups excluding carboxylic acids is 1. The molecule has 5 atom stereocenters. The molecule has 1 aromatic heterocycles. The van der Waals surface area contributed by atoms with Gasteiger partial charge < -0.3 is 24.8 Å². The van der Waals surface area contributed by atoms with Crippen molar-refractivity contribution in [1.29, 1.82) is 0 Å². The van der Waals surface area contributed by atoms with E-state index in [4.69, 9.17) is 24.3 Å². The number of nitrogens with two attached hydrogens (primary N) is 1. The number of benzene rings is 1. The summed E-state index contributed by atoms with van der Waals surface area (Å²) < 4.78 is 37.1. The minimum absolute atomic E-state index is 0.0863. The number of aliphatic hydroxyl groups excluding tert-OH is 1. The van der Waals surface area contributed by atoms with Crippen molar-refractivity contribution < 1.29 is 33.0 Å². The smallest absolute Gasteiger partial charge is 0.380 e. The molecule has 1 saturated heterocycles. The van der Waals surface area contributed by atoms with Crippen LogP contribution in [0.4, 0.5) is 5.82 Å². The van der Waals surface area contributed by atoms with Crippen LogP contribution in [0.5, 0.6) is 5.75 Å². The number of anilines is 1. The Labute approximate surface area is 196 Å². The summed E-state index contributed by atoms with van der Waals surface area (Å²) in [5.74, 6) is -0.907. The van der Waals surface area contributed by atoms with Gasteiger partial charge in [0.05, 0.1) is 31.9 Å². The van der Waals surface area contributed by atoms with Gasteiger partial charge in [-0.25, -0.2) is 9.36 Å². The third kappa shape index (κ3) is 4.88. The summed E-state index contributed by atoms with van der Waals surface area (Å²) in [4.78, 5) is 28.0. The van der Waals surface area contributed by atoms with Crippen LogP contribution in [0, 0.1) is 11.3 Å². The van der Waals surface area contributed by atoms with Gasteiger partial charge in [0.25, 0.3) is 0 Å².